The summed E-state index contributed by atoms with van der Waals surface area (Å²) >= 11 is 0. The first-order chi connectivity index (χ1) is 11.4. The van der Waals surface area contributed by atoms with E-state index in [4.69, 9.17) is 0 Å². The lowest BCUT2D eigenvalue weighted by Gasteiger charge is -2.17. The van der Waals surface area contributed by atoms with Crippen LogP contribution in [0.4, 0.5) is 5.69 Å². The molecule has 1 aliphatic rings. The second-order valence-corrected chi connectivity index (χ2v) is 6.50. The SMILES string of the molecule is Cc1ccc(NC(=O)CC(C)NC(=O)C2CCCC2)c(C(=O)O)c1. The lowest BCUT2D eigenvalue weighted by atomic mass is 10.1. The van der Waals surface area contributed by atoms with E-state index < -0.39 is 5.97 Å². The molecule has 130 valence electrons. The highest BCUT2D eigenvalue weighted by atomic mass is 16.4. The first kappa shape index (κ1) is 18.0. The standard InChI is InChI=1S/C18H24N2O4/c1-11-7-8-15(14(9-11)18(23)24)20-16(21)10-12(2)19-17(22)13-5-3-4-6-13/h7-9,12-13H,3-6,10H2,1-2H3,(H,19,22)(H,20,21)(H,23,24). The number of anilines is 1. The number of aryl methyl sites for hydroxylation is 1. The van der Waals surface area contributed by atoms with Crippen molar-refractivity contribution in [1.29, 1.82) is 0 Å². The van der Waals surface area contributed by atoms with Crippen molar-refractivity contribution in [2.24, 2.45) is 5.92 Å². The number of nitrogens with one attached hydrogen (secondary N) is 2. The zero-order valence-corrected chi connectivity index (χ0v) is 14.1. The van der Waals surface area contributed by atoms with Gasteiger partial charge in [-0.2, -0.15) is 0 Å². The summed E-state index contributed by atoms with van der Waals surface area (Å²) < 4.78 is 0. The van der Waals surface area contributed by atoms with Crippen LogP contribution < -0.4 is 10.6 Å². The molecule has 1 atom stereocenters. The minimum Gasteiger partial charge on any atom is -0.478 e. The van der Waals surface area contributed by atoms with Crippen LogP contribution in [-0.2, 0) is 9.59 Å². The Labute approximate surface area is 141 Å². The van der Waals surface area contributed by atoms with E-state index in [0.29, 0.717) is 0 Å². The van der Waals surface area contributed by atoms with Crippen molar-refractivity contribution in [1.82, 2.24) is 5.32 Å². The molecular formula is C18H24N2O4. The van der Waals surface area contributed by atoms with Crippen LogP contribution in [0.1, 0.15) is 54.9 Å². The number of carboxylic acid groups (broad SMARTS) is 1. The van der Waals surface area contributed by atoms with Gasteiger partial charge < -0.3 is 15.7 Å². The Kier molecular flexibility index (Phi) is 5.95. The highest BCUT2D eigenvalue weighted by molar-refractivity contribution is 6.00. The smallest absolute Gasteiger partial charge is 0.337 e. The quantitative estimate of drug-likeness (QED) is 0.746. The van der Waals surface area contributed by atoms with Gasteiger partial charge in [0.05, 0.1) is 11.3 Å². The van der Waals surface area contributed by atoms with E-state index >= 15 is 0 Å². The first-order valence-electron chi connectivity index (χ1n) is 8.31. The number of aromatic carboxylic acids is 1. The van der Waals surface area contributed by atoms with Crippen LogP contribution in [0.2, 0.25) is 0 Å². The molecule has 0 radical (unpaired) electrons. The molecule has 1 unspecified atom stereocenters. The molecule has 1 fully saturated rings. The van der Waals surface area contributed by atoms with E-state index in [0.717, 1.165) is 31.2 Å². The van der Waals surface area contributed by atoms with Gasteiger partial charge in [-0.15, -0.1) is 0 Å². The predicted octanol–water partition coefficient (Wildman–Crippen LogP) is 2.72. The molecule has 0 spiro atoms. The average Bonchev–Trinajstić information content (AvgIpc) is 3.03. The molecule has 6 heteroatoms. The monoisotopic (exact) mass is 332 g/mol. The summed E-state index contributed by atoms with van der Waals surface area (Å²) in [4.78, 5) is 35.4. The maximum Gasteiger partial charge on any atom is 0.337 e. The number of rotatable bonds is 6. The molecule has 6 nitrogen and oxygen atoms in total. The van der Waals surface area contributed by atoms with Crippen LogP contribution in [0.25, 0.3) is 0 Å². The molecule has 24 heavy (non-hydrogen) atoms. The van der Waals surface area contributed by atoms with Crippen LogP contribution in [0.3, 0.4) is 0 Å². The van der Waals surface area contributed by atoms with E-state index in [2.05, 4.69) is 10.6 Å². The van der Waals surface area contributed by atoms with Crippen molar-refractivity contribution in [3.63, 3.8) is 0 Å². The molecular weight excluding hydrogens is 308 g/mol. The third kappa shape index (κ3) is 4.81. The molecule has 0 bridgehead atoms. The largest absolute Gasteiger partial charge is 0.478 e. The molecule has 1 aromatic rings. The zero-order valence-electron chi connectivity index (χ0n) is 14.1. The van der Waals surface area contributed by atoms with Gasteiger partial charge in [0.1, 0.15) is 0 Å². The van der Waals surface area contributed by atoms with E-state index in [9.17, 15) is 19.5 Å². The van der Waals surface area contributed by atoms with Crippen molar-refractivity contribution in [3.8, 4) is 0 Å². The molecule has 0 saturated heterocycles. The number of carbonyl (C=O) groups excluding carboxylic acids is 2. The van der Waals surface area contributed by atoms with Gasteiger partial charge in [-0.3, -0.25) is 9.59 Å². The minimum atomic E-state index is -1.09. The fraction of sp³-hybridized carbons (Fsp3) is 0.500. The summed E-state index contributed by atoms with van der Waals surface area (Å²) in [6, 6.07) is 4.55. The van der Waals surface area contributed by atoms with Crippen LogP contribution in [0.15, 0.2) is 18.2 Å². The third-order valence-electron chi connectivity index (χ3n) is 4.29. The highest BCUT2D eigenvalue weighted by Gasteiger charge is 2.24. The minimum absolute atomic E-state index is 0.00867. The molecule has 1 saturated carbocycles. The normalized spacial score (nSPS) is 15.8. The number of amides is 2. The zero-order chi connectivity index (χ0) is 17.7. The lowest BCUT2D eigenvalue weighted by Crippen LogP contribution is -2.38. The molecule has 0 aliphatic heterocycles. The van der Waals surface area contributed by atoms with E-state index in [-0.39, 0.29) is 41.4 Å². The average molecular weight is 332 g/mol. The van der Waals surface area contributed by atoms with Gasteiger partial charge in [-0.05, 0) is 38.8 Å². The van der Waals surface area contributed by atoms with Gasteiger partial charge in [0.2, 0.25) is 11.8 Å². The van der Waals surface area contributed by atoms with Gasteiger partial charge in [-0.25, -0.2) is 4.79 Å². The Balaban J connectivity index is 1.90. The maximum absolute atomic E-state index is 12.1. The number of benzene rings is 1. The van der Waals surface area contributed by atoms with Gasteiger partial charge in [0.15, 0.2) is 0 Å². The number of hydrogen-bond donors (Lipinski definition) is 3. The molecule has 2 amide bonds. The molecule has 1 aliphatic carbocycles. The fourth-order valence-electron chi connectivity index (χ4n) is 3.02. The molecule has 3 N–H and O–H groups in total. The highest BCUT2D eigenvalue weighted by Crippen LogP contribution is 2.25. The Morgan fingerprint density at radius 3 is 2.54 bits per heavy atom. The molecule has 0 heterocycles. The van der Waals surface area contributed by atoms with Crippen LogP contribution in [0, 0.1) is 12.8 Å². The topological polar surface area (TPSA) is 95.5 Å². The number of carbonyl (C=O) groups is 3. The van der Waals surface area contributed by atoms with Crippen LogP contribution >= 0.6 is 0 Å². The van der Waals surface area contributed by atoms with Gasteiger partial charge in [0, 0.05) is 18.4 Å². The second kappa shape index (κ2) is 7.95. The summed E-state index contributed by atoms with van der Waals surface area (Å²) in [5, 5.41) is 14.7. The van der Waals surface area contributed by atoms with E-state index in [1.54, 1.807) is 26.0 Å². The summed E-state index contributed by atoms with van der Waals surface area (Å²) in [6.07, 6.45) is 4.09. The summed E-state index contributed by atoms with van der Waals surface area (Å²) in [6.45, 7) is 3.57. The van der Waals surface area contributed by atoms with Crippen molar-refractivity contribution in [2.45, 2.75) is 52.0 Å². The fourth-order valence-corrected chi connectivity index (χ4v) is 3.02. The Bertz CT molecular complexity index is 636. The molecule has 2 rings (SSSR count). The maximum atomic E-state index is 12.1. The van der Waals surface area contributed by atoms with Crippen molar-refractivity contribution in [3.05, 3.63) is 29.3 Å². The van der Waals surface area contributed by atoms with Crippen LogP contribution in [-0.4, -0.2) is 28.9 Å². The van der Waals surface area contributed by atoms with Crippen LogP contribution in [0.5, 0.6) is 0 Å². The summed E-state index contributed by atoms with van der Waals surface area (Å²) in [5.74, 6) is -1.34. The summed E-state index contributed by atoms with van der Waals surface area (Å²) in [7, 11) is 0. The third-order valence-corrected chi connectivity index (χ3v) is 4.29. The van der Waals surface area contributed by atoms with Gasteiger partial charge in [0.25, 0.3) is 0 Å². The van der Waals surface area contributed by atoms with E-state index in [1.807, 2.05) is 0 Å². The number of hydrogen-bond acceptors (Lipinski definition) is 3. The van der Waals surface area contributed by atoms with Crippen molar-refractivity contribution >= 4 is 23.5 Å². The van der Waals surface area contributed by atoms with Gasteiger partial charge >= 0.3 is 5.97 Å². The first-order valence-corrected chi connectivity index (χ1v) is 8.31. The van der Waals surface area contributed by atoms with Crippen molar-refractivity contribution < 1.29 is 19.5 Å². The van der Waals surface area contributed by atoms with E-state index in [1.165, 1.54) is 6.07 Å². The van der Waals surface area contributed by atoms with Gasteiger partial charge in [-0.1, -0.05) is 24.5 Å². The Morgan fingerprint density at radius 1 is 1.25 bits per heavy atom. The van der Waals surface area contributed by atoms with Crippen molar-refractivity contribution in [2.75, 3.05) is 5.32 Å². The summed E-state index contributed by atoms with van der Waals surface area (Å²) in [5.41, 5.74) is 1.14. The molecule has 0 aromatic heterocycles. The second-order valence-electron chi connectivity index (χ2n) is 6.50. The number of carboxylic acids is 1. The Hall–Kier alpha value is -2.37. The Morgan fingerprint density at radius 2 is 1.92 bits per heavy atom. The molecule has 1 aromatic carbocycles. The lowest BCUT2D eigenvalue weighted by molar-refractivity contribution is -0.125. The predicted molar refractivity (Wildman–Crippen MR) is 90.9 cm³/mol.